The van der Waals surface area contributed by atoms with Crippen LogP contribution >= 0.6 is 11.3 Å². The average Bonchev–Trinajstić information content (AvgIpc) is 3.50. The molecule has 1 aliphatic rings. The van der Waals surface area contributed by atoms with Crippen LogP contribution < -0.4 is 5.32 Å². The number of nitrogens with zero attached hydrogens (tertiary/aromatic N) is 2. The van der Waals surface area contributed by atoms with Crippen molar-refractivity contribution in [2.75, 3.05) is 13.1 Å². The van der Waals surface area contributed by atoms with Crippen LogP contribution in [0.2, 0.25) is 0 Å². The van der Waals surface area contributed by atoms with Gasteiger partial charge in [0.15, 0.2) is 0 Å². The molecule has 9 heteroatoms. The van der Waals surface area contributed by atoms with Gasteiger partial charge in [-0.05, 0) is 75.8 Å². The third kappa shape index (κ3) is 10.4. The summed E-state index contributed by atoms with van der Waals surface area (Å²) in [7, 11) is 0. The molecular formula is C28H39N3O5S. The molecule has 1 aliphatic carbocycles. The molecule has 0 saturated heterocycles. The first kappa shape index (κ1) is 28.5. The molecule has 3 rings (SSSR count). The summed E-state index contributed by atoms with van der Waals surface area (Å²) in [5, 5.41) is 14.4. The van der Waals surface area contributed by atoms with Gasteiger partial charge in [0, 0.05) is 24.5 Å². The minimum atomic E-state index is -0.977. The number of alkyl carbamates (subject to hydrolysis) is 1. The summed E-state index contributed by atoms with van der Waals surface area (Å²) in [6.45, 7) is 7.20. The first-order valence-corrected chi connectivity index (χ1v) is 13.8. The standard InChI is InChI=1S/C28H39N3O5S/c1-28(2,3)36-26(33)29-24(25(32)31(19-22-14-15-22)20-23-12-9-17-37-23)13-7-8-16-30(27(34)35)18-21-10-5-4-6-11-21/h4-6,9-12,17,22,24H,7-8,13-16,18-20H2,1-3H3,(H,29,33)(H,34,35)/t24-/m0/s1. The van der Waals surface area contributed by atoms with Gasteiger partial charge in [-0.3, -0.25) is 4.79 Å². The molecule has 37 heavy (non-hydrogen) atoms. The maximum absolute atomic E-state index is 13.7. The Bertz CT molecular complexity index is 1000. The first-order chi connectivity index (χ1) is 17.6. The summed E-state index contributed by atoms with van der Waals surface area (Å²) in [4.78, 5) is 42.4. The van der Waals surface area contributed by atoms with Gasteiger partial charge in [0.05, 0.1) is 6.54 Å². The zero-order valence-electron chi connectivity index (χ0n) is 22.0. The van der Waals surface area contributed by atoms with Gasteiger partial charge in [0.2, 0.25) is 5.91 Å². The summed E-state index contributed by atoms with van der Waals surface area (Å²) < 4.78 is 5.44. The molecular weight excluding hydrogens is 490 g/mol. The number of carbonyl (C=O) groups is 3. The van der Waals surface area contributed by atoms with E-state index in [1.807, 2.05) is 52.7 Å². The van der Waals surface area contributed by atoms with E-state index >= 15 is 0 Å². The molecule has 1 atom stereocenters. The number of benzene rings is 1. The normalized spacial score (nSPS) is 14.0. The number of amides is 3. The van der Waals surface area contributed by atoms with Gasteiger partial charge < -0.3 is 25.0 Å². The van der Waals surface area contributed by atoms with E-state index in [9.17, 15) is 19.5 Å². The largest absolute Gasteiger partial charge is 0.465 e. The lowest BCUT2D eigenvalue weighted by molar-refractivity contribution is -0.134. The van der Waals surface area contributed by atoms with Crippen molar-refractivity contribution < 1.29 is 24.2 Å². The van der Waals surface area contributed by atoms with Gasteiger partial charge in [-0.25, -0.2) is 9.59 Å². The van der Waals surface area contributed by atoms with Gasteiger partial charge in [0.25, 0.3) is 0 Å². The maximum atomic E-state index is 13.7. The van der Waals surface area contributed by atoms with Crippen LogP contribution in [0.3, 0.4) is 0 Å². The van der Waals surface area contributed by atoms with Gasteiger partial charge in [-0.2, -0.15) is 0 Å². The highest BCUT2D eigenvalue weighted by atomic mass is 32.1. The van der Waals surface area contributed by atoms with Crippen LogP contribution in [-0.4, -0.2) is 57.7 Å². The summed E-state index contributed by atoms with van der Waals surface area (Å²) in [5.74, 6) is 0.388. The predicted octanol–water partition coefficient (Wildman–Crippen LogP) is 5.73. The zero-order chi connectivity index (χ0) is 26.8. The molecule has 1 saturated carbocycles. The third-order valence-electron chi connectivity index (χ3n) is 6.06. The van der Waals surface area contributed by atoms with Crippen LogP contribution in [0.1, 0.15) is 63.3 Å². The molecule has 8 nitrogen and oxygen atoms in total. The second kappa shape index (κ2) is 13.5. The van der Waals surface area contributed by atoms with Gasteiger partial charge in [-0.15, -0.1) is 11.3 Å². The molecule has 1 aromatic heterocycles. The number of thiophene rings is 1. The fourth-order valence-electron chi connectivity index (χ4n) is 4.06. The van der Waals surface area contributed by atoms with Crippen molar-refractivity contribution in [1.29, 1.82) is 0 Å². The Morgan fingerprint density at radius 2 is 1.78 bits per heavy atom. The smallest absolute Gasteiger partial charge is 0.408 e. The van der Waals surface area contributed by atoms with Crippen LogP contribution in [0.5, 0.6) is 0 Å². The lowest BCUT2D eigenvalue weighted by Crippen LogP contribution is -2.50. The number of rotatable bonds is 13. The van der Waals surface area contributed by atoms with Crippen LogP contribution in [-0.2, 0) is 22.6 Å². The van der Waals surface area contributed by atoms with Crippen LogP contribution in [0, 0.1) is 5.92 Å². The monoisotopic (exact) mass is 529 g/mol. The molecule has 2 aromatic rings. The molecule has 1 aromatic carbocycles. The van der Waals surface area contributed by atoms with E-state index in [-0.39, 0.29) is 5.91 Å². The molecule has 0 unspecified atom stereocenters. The first-order valence-electron chi connectivity index (χ1n) is 12.9. The van der Waals surface area contributed by atoms with E-state index in [0.29, 0.717) is 51.4 Å². The molecule has 1 heterocycles. The van der Waals surface area contributed by atoms with Gasteiger partial charge in [0.1, 0.15) is 11.6 Å². The van der Waals surface area contributed by atoms with E-state index in [1.165, 1.54) is 4.90 Å². The summed E-state index contributed by atoms with van der Waals surface area (Å²) in [5.41, 5.74) is 0.246. The molecule has 1 fully saturated rings. The van der Waals surface area contributed by atoms with Crippen LogP contribution in [0.25, 0.3) is 0 Å². The van der Waals surface area contributed by atoms with E-state index in [1.54, 1.807) is 32.1 Å². The molecule has 0 bridgehead atoms. The number of carboxylic acid groups (broad SMARTS) is 1. The molecule has 3 amide bonds. The van der Waals surface area contributed by atoms with Crippen LogP contribution in [0.15, 0.2) is 47.8 Å². The van der Waals surface area contributed by atoms with Gasteiger partial charge >= 0.3 is 12.2 Å². The Balaban J connectivity index is 1.62. The summed E-state index contributed by atoms with van der Waals surface area (Å²) in [6.07, 6.45) is 2.20. The maximum Gasteiger partial charge on any atom is 0.408 e. The minimum Gasteiger partial charge on any atom is -0.465 e. The Hall–Kier alpha value is -3.07. The third-order valence-corrected chi connectivity index (χ3v) is 6.92. The highest BCUT2D eigenvalue weighted by Gasteiger charge is 2.32. The molecule has 0 aliphatic heterocycles. The number of ether oxygens (including phenoxy) is 1. The Kier molecular flexibility index (Phi) is 10.4. The SMILES string of the molecule is CC(C)(C)OC(=O)N[C@@H](CCCCN(Cc1ccccc1)C(=O)O)C(=O)N(Cc1cccs1)CC1CC1. The Morgan fingerprint density at radius 1 is 1.05 bits per heavy atom. The second-order valence-electron chi connectivity index (χ2n) is 10.6. The van der Waals surface area contributed by atoms with E-state index < -0.39 is 23.8 Å². The topological polar surface area (TPSA) is 99.2 Å². The number of nitrogens with one attached hydrogen (secondary N) is 1. The molecule has 202 valence electrons. The van der Waals surface area contributed by atoms with Crippen molar-refractivity contribution in [3.05, 3.63) is 58.3 Å². The Labute approximate surface area is 223 Å². The van der Waals surface area contributed by atoms with E-state index in [4.69, 9.17) is 4.74 Å². The number of hydrogen-bond acceptors (Lipinski definition) is 5. The minimum absolute atomic E-state index is 0.120. The number of carbonyl (C=O) groups excluding carboxylic acids is 2. The highest BCUT2D eigenvalue weighted by molar-refractivity contribution is 7.09. The summed E-state index contributed by atoms with van der Waals surface area (Å²) >= 11 is 1.61. The predicted molar refractivity (Wildman–Crippen MR) is 144 cm³/mol. The second-order valence-corrected chi connectivity index (χ2v) is 11.7. The molecule has 2 N–H and O–H groups in total. The fraction of sp³-hybridized carbons (Fsp3) is 0.536. The quantitative estimate of drug-likeness (QED) is 0.323. The van der Waals surface area contributed by atoms with Crippen molar-refractivity contribution in [1.82, 2.24) is 15.1 Å². The fourth-order valence-corrected chi connectivity index (χ4v) is 4.78. The van der Waals surface area contributed by atoms with Crippen molar-refractivity contribution in [3.8, 4) is 0 Å². The lowest BCUT2D eigenvalue weighted by atomic mass is 10.1. The highest BCUT2D eigenvalue weighted by Crippen LogP contribution is 2.31. The zero-order valence-corrected chi connectivity index (χ0v) is 22.8. The lowest BCUT2D eigenvalue weighted by Gasteiger charge is -2.29. The van der Waals surface area contributed by atoms with Crippen molar-refractivity contribution in [2.45, 2.75) is 77.6 Å². The van der Waals surface area contributed by atoms with Crippen molar-refractivity contribution in [2.24, 2.45) is 5.92 Å². The van der Waals surface area contributed by atoms with Gasteiger partial charge in [-0.1, -0.05) is 36.4 Å². The van der Waals surface area contributed by atoms with E-state index in [2.05, 4.69) is 5.32 Å². The average molecular weight is 530 g/mol. The van der Waals surface area contributed by atoms with Crippen molar-refractivity contribution >= 4 is 29.4 Å². The Morgan fingerprint density at radius 3 is 2.38 bits per heavy atom. The number of hydrogen-bond donors (Lipinski definition) is 2. The number of unbranched alkanes of at least 4 members (excludes halogenated alkanes) is 1. The van der Waals surface area contributed by atoms with Crippen molar-refractivity contribution in [3.63, 3.8) is 0 Å². The van der Waals surface area contributed by atoms with E-state index in [0.717, 1.165) is 23.3 Å². The molecule has 0 radical (unpaired) electrons. The van der Waals surface area contributed by atoms with Crippen LogP contribution in [0.4, 0.5) is 9.59 Å². The molecule has 0 spiro atoms. The summed E-state index contributed by atoms with van der Waals surface area (Å²) in [6, 6.07) is 12.7.